The second-order valence-electron chi connectivity index (χ2n) is 7.61. The van der Waals surface area contributed by atoms with Crippen molar-refractivity contribution in [3.05, 3.63) is 59.9 Å². The van der Waals surface area contributed by atoms with Crippen molar-refractivity contribution in [3.63, 3.8) is 0 Å². The van der Waals surface area contributed by atoms with Crippen LogP contribution in [-0.2, 0) is 4.79 Å². The highest BCUT2D eigenvalue weighted by Crippen LogP contribution is 2.26. The van der Waals surface area contributed by atoms with Gasteiger partial charge in [0.25, 0.3) is 5.91 Å². The highest BCUT2D eigenvalue weighted by Gasteiger charge is 2.17. The number of thiazole rings is 1. The van der Waals surface area contributed by atoms with E-state index in [4.69, 9.17) is 0 Å². The first-order valence-electron chi connectivity index (χ1n) is 10.4. The van der Waals surface area contributed by atoms with Crippen LogP contribution in [0.3, 0.4) is 0 Å². The number of hydrogen-bond acceptors (Lipinski definition) is 4. The number of allylic oxidation sites excluding steroid dienone is 1. The molecule has 0 radical (unpaired) electrons. The van der Waals surface area contributed by atoms with Gasteiger partial charge in [0.1, 0.15) is 6.04 Å². The number of nitrogens with zero attached hydrogens (tertiary/aromatic N) is 2. The van der Waals surface area contributed by atoms with Crippen LogP contribution in [0.2, 0.25) is 0 Å². The van der Waals surface area contributed by atoms with Crippen LogP contribution in [0.5, 0.6) is 0 Å². The van der Waals surface area contributed by atoms with E-state index in [2.05, 4.69) is 21.7 Å². The third-order valence-electron chi connectivity index (χ3n) is 5.34. The van der Waals surface area contributed by atoms with E-state index < -0.39 is 6.04 Å². The summed E-state index contributed by atoms with van der Waals surface area (Å²) in [6.45, 7) is 2.32. The molecule has 3 aromatic rings. The number of rotatable bonds is 7. The van der Waals surface area contributed by atoms with Crippen molar-refractivity contribution >= 4 is 33.4 Å². The Hall–Kier alpha value is -2.93. The molecule has 1 aliphatic carbocycles. The molecule has 2 heterocycles. The molecule has 0 fully saturated rings. The van der Waals surface area contributed by atoms with E-state index in [1.165, 1.54) is 29.8 Å². The predicted octanol–water partition coefficient (Wildman–Crippen LogP) is 4.21. The van der Waals surface area contributed by atoms with Crippen molar-refractivity contribution in [1.29, 1.82) is 0 Å². The molecule has 0 saturated carbocycles. The zero-order valence-corrected chi connectivity index (χ0v) is 17.9. The molecule has 7 heteroatoms. The van der Waals surface area contributed by atoms with Crippen molar-refractivity contribution in [2.24, 2.45) is 0 Å². The summed E-state index contributed by atoms with van der Waals surface area (Å²) < 4.78 is 2.88. The maximum absolute atomic E-state index is 12.6. The number of benzene rings is 1. The first-order chi connectivity index (χ1) is 14.6. The van der Waals surface area contributed by atoms with Crippen LogP contribution in [-0.4, -0.2) is 34.0 Å². The molecule has 6 nitrogen and oxygen atoms in total. The summed E-state index contributed by atoms with van der Waals surface area (Å²) in [5, 5.41) is 6.58. The van der Waals surface area contributed by atoms with Gasteiger partial charge >= 0.3 is 0 Å². The molecule has 30 heavy (non-hydrogen) atoms. The van der Waals surface area contributed by atoms with Crippen LogP contribution >= 0.6 is 11.3 Å². The van der Waals surface area contributed by atoms with E-state index in [0.717, 1.165) is 34.6 Å². The molecule has 2 amide bonds. The fourth-order valence-corrected chi connectivity index (χ4v) is 4.57. The fourth-order valence-electron chi connectivity index (χ4n) is 3.60. The van der Waals surface area contributed by atoms with Gasteiger partial charge in [-0.1, -0.05) is 23.0 Å². The van der Waals surface area contributed by atoms with Crippen LogP contribution in [0.15, 0.2) is 54.4 Å². The Bertz CT molecular complexity index is 1070. The summed E-state index contributed by atoms with van der Waals surface area (Å²) in [5.41, 5.74) is 2.80. The average molecular weight is 423 g/mol. The monoisotopic (exact) mass is 422 g/mol. The van der Waals surface area contributed by atoms with Crippen molar-refractivity contribution in [2.75, 3.05) is 6.54 Å². The Balaban J connectivity index is 1.33. The Morgan fingerprint density at radius 1 is 1.23 bits per heavy atom. The number of hydrogen-bond donors (Lipinski definition) is 2. The minimum absolute atomic E-state index is 0.159. The molecule has 1 aliphatic rings. The third kappa shape index (κ3) is 4.79. The minimum Gasteiger partial charge on any atom is -0.354 e. The molecule has 2 N–H and O–H groups in total. The molecular formula is C23H26N4O2S. The maximum Gasteiger partial charge on any atom is 0.251 e. The van der Waals surface area contributed by atoms with Gasteiger partial charge in [0.2, 0.25) is 5.91 Å². The molecular weight excluding hydrogens is 396 g/mol. The molecule has 1 unspecified atom stereocenters. The number of amides is 2. The topological polar surface area (TPSA) is 76.0 Å². The van der Waals surface area contributed by atoms with Gasteiger partial charge in [-0.05, 0) is 69.4 Å². The van der Waals surface area contributed by atoms with Gasteiger partial charge in [0.15, 0.2) is 5.13 Å². The van der Waals surface area contributed by atoms with Gasteiger partial charge in [0.05, 0.1) is 10.2 Å². The van der Waals surface area contributed by atoms with Gasteiger partial charge in [0, 0.05) is 24.5 Å². The van der Waals surface area contributed by atoms with E-state index in [-0.39, 0.29) is 11.8 Å². The molecule has 0 aliphatic heterocycles. The van der Waals surface area contributed by atoms with Gasteiger partial charge in [-0.3, -0.25) is 9.59 Å². The Morgan fingerprint density at radius 3 is 2.83 bits per heavy atom. The second kappa shape index (κ2) is 9.26. The van der Waals surface area contributed by atoms with Crippen LogP contribution < -0.4 is 10.6 Å². The molecule has 156 valence electrons. The summed E-state index contributed by atoms with van der Waals surface area (Å²) in [6.07, 6.45) is 11.8. The van der Waals surface area contributed by atoms with Crippen molar-refractivity contribution in [1.82, 2.24) is 20.2 Å². The lowest BCUT2D eigenvalue weighted by molar-refractivity contribution is -0.122. The standard InChI is InChI=1S/C23H26N4O2S/c1-16(21(28)24-12-11-17-7-3-2-4-8-17)25-22(29)18-9-10-19-20(15-18)30-23(26-19)27-13-5-6-14-27/h5-7,9-10,13-16H,2-4,8,11-12H2,1H3,(H,24,28)(H,25,29). The lowest BCUT2D eigenvalue weighted by atomic mass is 9.97. The van der Waals surface area contributed by atoms with Crippen LogP contribution in [0.4, 0.5) is 0 Å². The summed E-state index contributed by atoms with van der Waals surface area (Å²) in [7, 11) is 0. The van der Waals surface area contributed by atoms with Gasteiger partial charge in [-0.15, -0.1) is 0 Å². The highest BCUT2D eigenvalue weighted by molar-refractivity contribution is 7.20. The molecule has 2 aromatic heterocycles. The van der Waals surface area contributed by atoms with Gasteiger partial charge < -0.3 is 15.2 Å². The third-order valence-corrected chi connectivity index (χ3v) is 6.37. The van der Waals surface area contributed by atoms with Crippen molar-refractivity contribution in [3.8, 4) is 5.13 Å². The van der Waals surface area contributed by atoms with E-state index >= 15 is 0 Å². The van der Waals surface area contributed by atoms with E-state index in [0.29, 0.717) is 12.1 Å². The van der Waals surface area contributed by atoms with Crippen LogP contribution in [0.1, 0.15) is 49.4 Å². The first-order valence-corrected chi connectivity index (χ1v) is 11.2. The quantitative estimate of drug-likeness (QED) is 0.560. The van der Waals surface area contributed by atoms with Crippen molar-refractivity contribution in [2.45, 2.75) is 45.1 Å². The molecule has 1 aromatic carbocycles. The lowest BCUT2D eigenvalue weighted by Crippen LogP contribution is -2.45. The molecule has 4 rings (SSSR count). The predicted molar refractivity (Wildman–Crippen MR) is 120 cm³/mol. The Morgan fingerprint density at radius 2 is 2.07 bits per heavy atom. The summed E-state index contributed by atoms with van der Waals surface area (Å²) in [4.78, 5) is 29.6. The minimum atomic E-state index is -0.592. The Kier molecular flexibility index (Phi) is 6.28. The van der Waals surface area contributed by atoms with E-state index in [1.807, 2.05) is 41.2 Å². The summed E-state index contributed by atoms with van der Waals surface area (Å²) >= 11 is 1.52. The maximum atomic E-state index is 12.6. The highest BCUT2D eigenvalue weighted by atomic mass is 32.1. The first kappa shape index (κ1) is 20.3. The number of carbonyl (C=O) groups is 2. The molecule has 1 atom stereocenters. The Labute approximate surface area is 180 Å². The van der Waals surface area contributed by atoms with E-state index in [9.17, 15) is 9.59 Å². The molecule has 0 spiro atoms. The molecule has 0 saturated heterocycles. The van der Waals surface area contributed by atoms with Crippen LogP contribution in [0.25, 0.3) is 15.3 Å². The fraction of sp³-hybridized carbons (Fsp3) is 0.348. The summed E-state index contributed by atoms with van der Waals surface area (Å²) in [6, 6.07) is 8.72. The van der Waals surface area contributed by atoms with Crippen LogP contribution in [0, 0.1) is 0 Å². The lowest BCUT2D eigenvalue weighted by Gasteiger charge is -2.16. The van der Waals surface area contributed by atoms with E-state index in [1.54, 1.807) is 13.0 Å². The number of nitrogens with one attached hydrogen (secondary N) is 2. The number of fused-ring (bicyclic) bond motifs is 1. The normalized spacial score (nSPS) is 14.9. The number of aromatic nitrogens is 2. The van der Waals surface area contributed by atoms with Gasteiger partial charge in [-0.25, -0.2) is 4.98 Å². The summed E-state index contributed by atoms with van der Waals surface area (Å²) in [5.74, 6) is -0.418. The SMILES string of the molecule is CC(NC(=O)c1ccc2nc(-n3cccc3)sc2c1)C(=O)NCCC1=CCCCC1. The largest absolute Gasteiger partial charge is 0.354 e. The molecule has 0 bridgehead atoms. The average Bonchev–Trinajstić information content (AvgIpc) is 3.43. The second-order valence-corrected chi connectivity index (χ2v) is 8.62. The van der Waals surface area contributed by atoms with Gasteiger partial charge in [-0.2, -0.15) is 0 Å². The smallest absolute Gasteiger partial charge is 0.251 e. The van der Waals surface area contributed by atoms with Crippen molar-refractivity contribution < 1.29 is 9.59 Å². The zero-order chi connectivity index (χ0) is 20.9. The zero-order valence-electron chi connectivity index (χ0n) is 17.1. The number of carbonyl (C=O) groups excluding carboxylic acids is 2.